The molecule has 0 radical (unpaired) electrons. The van der Waals surface area contributed by atoms with Crippen LogP contribution in [0, 0.1) is 0 Å². The molecular formula is C19H22O4. The van der Waals surface area contributed by atoms with E-state index < -0.39 is 11.4 Å². The fourth-order valence-corrected chi connectivity index (χ4v) is 2.42. The Kier molecular flexibility index (Phi) is 5.27. The van der Waals surface area contributed by atoms with Gasteiger partial charge in [-0.1, -0.05) is 50.2 Å². The van der Waals surface area contributed by atoms with Crippen molar-refractivity contribution in [2.24, 2.45) is 0 Å². The molecule has 4 heteroatoms. The van der Waals surface area contributed by atoms with Crippen LogP contribution in [0.2, 0.25) is 0 Å². The van der Waals surface area contributed by atoms with Gasteiger partial charge in [-0.05, 0) is 23.3 Å². The van der Waals surface area contributed by atoms with Crippen molar-refractivity contribution in [2.75, 3.05) is 7.11 Å². The Hall–Kier alpha value is -2.49. The third-order valence-electron chi connectivity index (χ3n) is 3.78. The first-order valence-corrected chi connectivity index (χ1v) is 7.49. The van der Waals surface area contributed by atoms with Crippen LogP contribution >= 0.6 is 0 Å². The maximum Gasteiger partial charge on any atom is 0.304 e. The van der Waals surface area contributed by atoms with Gasteiger partial charge in [0.2, 0.25) is 0 Å². The summed E-state index contributed by atoms with van der Waals surface area (Å²) >= 11 is 0. The van der Waals surface area contributed by atoms with Crippen LogP contribution in [-0.4, -0.2) is 18.2 Å². The van der Waals surface area contributed by atoms with E-state index >= 15 is 0 Å². The van der Waals surface area contributed by atoms with Gasteiger partial charge < -0.3 is 14.6 Å². The van der Waals surface area contributed by atoms with Crippen molar-refractivity contribution in [3.63, 3.8) is 0 Å². The molecule has 2 aromatic rings. The summed E-state index contributed by atoms with van der Waals surface area (Å²) in [6, 6.07) is 15.5. The number of rotatable bonds is 7. The maximum absolute atomic E-state index is 11.0. The summed E-state index contributed by atoms with van der Waals surface area (Å²) in [5, 5.41) is 9.05. The molecule has 0 fully saturated rings. The smallest absolute Gasteiger partial charge is 0.304 e. The van der Waals surface area contributed by atoms with Gasteiger partial charge in [0.25, 0.3) is 0 Å². The predicted molar refractivity (Wildman–Crippen MR) is 89.0 cm³/mol. The van der Waals surface area contributed by atoms with E-state index in [1.54, 1.807) is 7.11 Å². The second-order valence-electron chi connectivity index (χ2n) is 6.09. The summed E-state index contributed by atoms with van der Waals surface area (Å²) in [6.07, 6.45) is 0.0559. The van der Waals surface area contributed by atoms with Gasteiger partial charge in [0.05, 0.1) is 13.5 Å². The fraction of sp³-hybridized carbons (Fsp3) is 0.316. The number of aliphatic carboxylic acids is 1. The Balaban J connectivity index is 2.18. The molecule has 0 bridgehead atoms. The summed E-state index contributed by atoms with van der Waals surface area (Å²) in [7, 11) is 1.58. The van der Waals surface area contributed by atoms with Gasteiger partial charge in [0, 0.05) is 5.41 Å². The molecule has 0 saturated carbocycles. The second kappa shape index (κ2) is 7.18. The second-order valence-corrected chi connectivity index (χ2v) is 6.09. The van der Waals surface area contributed by atoms with E-state index in [2.05, 4.69) is 0 Å². The molecule has 0 aliphatic heterocycles. The maximum atomic E-state index is 11.0. The van der Waals surface area contributed by atoms with Crippen molar-refractivity contribution in [3.8, 4) is 11.5 Å². The zero-order chi connectivity index (χ0) is 16.9. The lowest BCUT2D eigenvalue weighted by molar-refractivity contribution is -0.138. The molecule has 2 rings (SSSR count). The lowest BCUT2D eigenvalue weighted by Crippen LogP contribution is -2.21. The Labute approximate surface area is 136 Å². The number of benzene rings is 2. The third-order valence-corrected chi connectivity index (χ3v) is 3.78. The zero-order valence-electron chi connectivity index (χ0n) is 13.7. The normalized spacial score (nSPS) is 11.1. The highest BCUT2D eigenvalue weighted by Gasteiger charge is 2.25. The third kappa shape index (κ3) is 4.49. The Morgan fingerprint density at radius 3 is 2.39 bits per heavy atom. The van der Waals surface area contributed by atoms with E-state index in [4.69, 9.17) is 14.6 Å². The molecule has 0 unspecified atom stereocenters. The van der Waals surface area contributed by atoms with Crippen LogP contribution in [0.4, 0.5) is 0 Å². The number of hydrogen-bond donors (Lipinski definition) is 1. The monoisotopic (exact) mass is 314 g/mol. The molecule has 0 saturated heterocycles. The highest BCUT2D eigenvalue weighted by molar-refractivity contribution is 5.69. The van der Waals surface area contributed by atoms with E-state index in [9.17, 15) is 4.79 Å². The van der Waals surface area contributed by atoms with Crippen LogP contribution in [0.1, 0.15) is 31.4 Å². The van der Waals surface area contributed by atoms with Crippen LogP contribution in [0.25, 0.3) is 0 Å². The van der Waals surface area contributed by atoms with Crippen LogP contribution in [-0.2, 0) is 16.8 Å². The zero-order valence-corrected chi connectivity index (χ0v) is 13.7. The molecule has 0 amide bonds. The summed E-state index contributed by atoms with van der Waals surface area (Å²) in [5.74, 6) is 0.432. The summed E-state index contributed by atoms with van der Waals surface area (Å²) < 4.78 is 11.2. The number of methoxy groups -OCH3 is 1. The van der Waals surface area contributed by atoms with Crippen LogP contribution < -0.4 is 9.47 Å². The minimum absolute atomic E-state index is 0.0559. The van der Waals surface area contributed by atoms with Crippen molar-refractivity contribution >= 4 is 5.97 Å². The number of ether oxygens (including phenoxy) is 2. The Morgan fingerprint density at radius 1 is 1.09 bits per heavy atom. The summed E-state index contributed by atoms with van der Waals surface area (Å²) in [5.41, 5.74) is 1.51. The van der Waals surface area contributed by atoms with Crippen LogP contribution in [0.15, 0.2) is 48.5 Å². The quantitative estimate of drug-likeness (QED) is 0.838. The van der Waals surface area contributed by atoms with Crippen molar-refractivity contribution in [3.05, 3.63) is 59.7 Å². The molecule has 0 aliphatic rings. The molecule has 2 aromatic carbocycles. The molecule has 1 N–H and O–H groups in total. The fourth-order valence-electron chi connectivity index (χ4n) is 2.42. The van der Waals surface area contributed by atoms with Gasteiger partial charge in [-0.25, -0.2) is 0 Å². The lowest BCUT2D eigenvalue weighted by atomic mass is 9.81. The highest BCUT2D eigenvalue weighted by Crippen LogP contribution is 2.35. The van der Waals surface area contributed by atoms with Crippen molar-refractivity contribution in [1.82, 2.24) is 0 Å². The van der Waals surface area contributed by atoms with Gasteiger partial charge in [0.1, 0.15) is 6.61 Å². The molecule has 0 aromatic heterocycles. The molecule has 0 aliphatic carbocycles. The minimum Gasteiger partial charge on any atom is -0.493 e. The molecule has 0 spiro atoms. The molecule has 122 valence electrons. The van der Waals surface area contributed by atoms with Crippen LogP contribution in [0.3, 0.4) is 0 Å². The molecular weight excluding hydrogens is 292 g/mol. The number of carboxylic acids is 1. The molecule has 4 nitrogen and oxygen atoms in total. The number of hydrogen-bond acceptors (Lipinski definition) is 3. The van der Waals surface area contributed by atoms with E-state index in [1.165, 1.54) is 0 Å². The van der Waals surface area contributed by atoms with E-state index in [-0.39, 0.29) is 6.42 Å². The standard InChI is InChI=1S/C19H22O4/c1-19(2,12-18(20)21)15-9-10-16(17(11-15)22-3)23-13-14-7-5-4-6-8-14/h4-11H,12-13H2,1-3H3,(H,20,21). The first kappa shape index (κ1) is 16.9. The van der Waals surface area contributed by atoms with Gasteiger partial charge in [-0.15, -0.1) is 0 Å². The average Bonchev–Trinajstić information content (AvgIpc) is 2.52. The summed E-state index contributed by atoms with van der Waals surface area (Å²) in [6.45, 7) is 4.26. The van der Waals surface area contributed by atoms with Gasteiger partial charge in [-0.3, -0.25) is 4.79 Å². The van der Waals surface area contributed by atoms with Gasteiger partial charge in [0.15, 0.2) is 11.5 Å². The van der Waals surface area contributed by atoms with Gasteiger partial charge >= 0.3 is 5.97 Å². The minimum atomic E-state index is -0.821. The van der Waals surface area contributed by atoms with Crippen LogP contribution in [0.5, 0.6) is 11.5 Å². The SMILES string of the molecule is COc1cc(C(C)(C)CC(=O)O)ccc1OCc1ccccc1. The average molecular weight is 314 g/mol. The predicted octanol–water partition coefficient (Wildman–Crippen LogP) is 4.03. The largest absolute Gasteiger partial charge is 0.493 e. The summed E-state index contributed by atoms with van der Waals surface area (Å²) in [4.78, 5) is 11.0. The number of carboxylic acid groups (broad SMARTS) is 1. The lowest BCUT2D eigenvalue weighted by Gasteiger charge is -2.24. The molecule has 23 heavy (non-hydrogen) atoms. The van der Waals surface area contributed by atoms with Crippen molar-refractivity contribution < 1.29 is 19.4 Å². The molecule has 0 heterocycles. The first-order valence-electron chi connectivity index (χ1n) is 7.49. The highest BCUT2D eigenvalue weighted by atomic mass is 16.5. The van der Waals surface area contributed by atoms with E-state index in [0.717, 1.165) is 11.1 Å². The number of carbonyl (C=O) groups is 1. The Morgan fingerprint density at radius 2 is 1.78 bits per heavy atom. The topological polar surface area (TPSA) is 55.8 Å². The first-order chi connectivity index (χ1) is 10.9. The van der Waals surface area contributed by atoms with E-state index in [1.807, 2.05) is 62.4 Å². The van der Waals surface area contributed by atoms with Crippen molar-refractivity contribution in [1.29, 1.82) is 0 Å². The Bertz CT molecular complexity index is 662. The van der Waals surface area contributed by atoms with Gasteiger partial charge in [-0.2, -0.15) is 0 Å². The van der Waals surface area contributed by atoms with E-state index in [0.29, 0.717) is 18.1 Å². The van der Waals surface area contributed by atoms with Crippen molar-refractivity contribution in [2.45, 2.75) is 32.3 Å². The molecule has 0 atom stereocenters.